The van der Waals surface area contributed by atoms with Gasteiger partial charge < -0.3 is 5.11 Å². The Balaban J connectivity index is 2.32. The van der Waals surface area contributed by atoms with Gasteiger partial charge in [0.05, 0.1) is 12.6 Å². The van der Waals surface area contributed by atoms with Gasteiger partial charge in [0.1, 0.15) is 0 Å². The molecule has 1 atom stereocenters. The van der Waals surface area contributed by atoms with Gasteiger partial charge in [-0.3, -0.25) is 0 Å². The smallest absolute Gasteiger partial charge is 0.0663 e. The molecule has 0 aliphatic heterocycles. The van der Waals surface area contributed by atoms with Crippen LogP contribution < -0.4 is 5.90 Å². The number of nitrogens with two attached hydrogens (primary N) is 1. The summed E-state index contributed by atoms with van der Waals surface area (Å²) in [7, 11) is 0. The van der Waals surface area contributed by atoms with E-state index < -0.39 is 0 Å². The molecule has 1 saturated carbocycles. The Hall–Kier alpha value is -0.160. The molecule has 4 nitrogen and oxygen atoms in total. The summed E-state index contributed by atoms with van der Waals surface area (Å²) in [5.74, 6) is 5.12. The summed E-state index contributed by atoms with van der Waals surface area (Å²) in [6, 6.07) is 0.407. The lowest BCUT2D eigenvalue weighted by molar-refractivity contribution is -0.200. The summed E-state index contributed by atoms with van der Waals surface area (Å²) in [5, 5.41) is 10.8. The van der Waals surface area contributed by atoms with Crippen molar-refractivity contribution < 1.29 is 10.0 Å². The molecule has 0 aromatic rings. The molecule has 1 fully saturated rings. The predicted octanol–water partition coefficient (Wildman–Crippen LogP) is 0.417. The van der Waals surface area contributed by atoms with Crippen LogP contribution in [0, 0.1) is 0 Å². The first-order valence-corrected chi connectivity index (χ1v) is 4.55. The Labute approximate surface area is 73.2 Å². The summed E-state index contributed by atoms with van der Waals surface area (Å²) >= 11 is 0. The lowest BCUT2D eigenvalue weighted by atomic mass is 10.2. The summed E-state index contributed by atoms with van der Waals surface area (Å²) < 4.78 is 0. The zero-order chi connectivity index (χ0) is 8.97. The van der Waals surface area contributed by atoms with Crippen LogP contribution in [0.2, 0.25) is 0 Å². The van der Waals surface area contributed by atoms with Gasteiger partial charge in [0.25, 0.3) is 0 Å². The molecule has 0 radical (unpaired) electrons. The zero-order valence-corrected chi connectivity index (χ0v) is 7.57. The van der Waals surface area contributed by atoms with E-state index in [0.717, 1.165) is 12.8 Å². The van der Waals surface area contributed by atoms with Crippen LogP contribution >= 0.6 is 0 Å². The van der Waals surface area contributed by atoms with Crippen molar-refractivity contribution in [2.75, 3.05) is 6.54 Å². The van der Waals surface area contributed by atoms with Gasteiger partial charge in [-0.25, -0.2) is 4.94 Å². The topological polar surface area (TPSA) is 58.7 Å². The first-order valence-electron chi connectivity index (χ1n) is 4.55. The molecule has 3 N–H and O–H groups in total. The highest BCUT2D eigenvalue weighted by Crippen LogP contribution is 2.23. The quantitative estimate of drug-likeness (QED) is 0.606. The summed E-state index contributed by atoms with van der Waals surface area (Å²) in [4.78, 5) is 4.72. The van der Waals surface area contributed by atoms with Crippen LogP contribution in [-0.4, -0.2) is 28.9 Å². The number of aliphatic hydroxyl groups is 1. The summed E-state index contributed by atoms with van der Waals surface area (Å²) in [6.45, 7) is 2.24. The van der Waals surface area contributed by atoms with Gasteiger partial charge in [-0.1, -0.05) is 12.8 Å². The van der Waals surface area contributed by atoms with Crippen molar-refractivity contribution in [3.63, 3.8) is 0 Å². The predicted molar refractivity (Wildman–Crippen MR) is 45.9 cm³/mol. The van der Waals surface area contributed by atoms with E-state index in [-0.39, 0.29) is 6.10 Å². The third kappa shape index (κ3) is 2.71. The van der Waals surface area contributed by atoms with Gasteiger partial charge in [0, 0.05) is 6.04 Å². The second-order valence-electron chi connectivity index (χ2n) is 3.49. The average molecular weight is 174 g/mol. The largest absolute Gasteiger partial charge is 0.392 e. The third-order valence-electron chi connectivity index (χ3n) is 2.31. The normalized spacial score (nSPS) is 22.0. The maximum Gasteiger partial charge on any atom is 0.0663 e. The van der Waals surface area contributed by atoms with Gasteiger partial charge >= 0.3 is 0 Å². The van der Waals surface area contributed by atoms with E-state index in [4.69, 9.17) is 15.9 Å². The summed E-state index contributed by atoms with van der Waals surface area (Å²) in [6.07, 6.45) is 4.36. The van der Waals surface area contributed by atoms with Crippen LogP contribution in [0.1, 0.15) is 32.6 Å². The average Bonchev–Trinajstić information content (AvgIpc) is 2.51. The first kappa shape index (κ1) is 9.92. The van der Waals surface area contributed by atoms with E-state index in [0.29, 0.717) is 12.6 Å². The summed E-state index contributed by atoms with van der Waals surface area (Å²) in [5.41, 5.74) is 0. The van der Waals surface area contributed by atoms with Crippen molar-refractivity contribution in [3.05, 3.63) is 0 Å². The highest BCUT2D eigenvalue weighted by Gasteiger charge is 2.23. The molecule has 0 bridgehead atoms. The number of hydrogen-bond donors (Lipinski definition) is 2. The molecule has 1 aliphatic carbocycles. The van der Waals surface area contributed by atoms with Crippen LogP contribution in [-0.2, 0) is 4.94 Å². The lowest BCUT2D eigenvalue weighted by Crippen LogP contribution is -2.40. The van der Waals surface area contributed by atoms with Crippen LogP contribution in [0.5, 0.6) is 0 Å². The van der Waals surface area contributed by atoms with Crippen LogP contribution in [0.25, 0.3) is 0 Å². The zero-order valence-electron chi connectivity index (χ0n) is 7.57. The Morgan fingerprint density at radius 3 is 2.58 bits per heavy atom. The SMILES string of the molecule is CC(O)CN(ON)C1CCCC1. The number of aliphatic hydroxyl groups excluding tert-OH is 1. The van der Waals surface area contributed by atoms with E-state index in [9.17, 15) is 0 Å². The molecule has 1 unspecified atom stereocenters. The maximum atomic E-state index is 9.14. The highest BCUT2D eigenvalue weighted by molar-refractivity contribution is 4.73. The van der Waals surface area contributed by atoms with Crippen LogP contribution in [0.4, 0.5) is 0 Å². The molecule has 0 amide bonds. The van der Waals surface area contributed by atoms with Gasteiger partial charge in [0.15, 0.2) is 0 Å². The fourth-order valence-electron chi connectivity index (χ4n) is 1.73. The van der Waals surface area contributed by atoms with Crippen molar-refractivity contribution in [3.8, 4) is 0 Å². The Kier molecular flexibility index (Phi) is 3.94. The van der Waals surface area contributed by atoms with Gasteiger partial charge in [0.2, 0.25) is 0 Å². The number of hydrogen-bond acceptors (Lipinski definition) is 4. The van der Waals surface area contributed by atoms with Crippen LogP contribution in [0.15, 0.2) is 0 Å². The van der Waals surface area contributed by atoms with E-state index >= 15 is 0 Å². The highest BCUT2D eigenvalue weighted by atomic mass is 16.8. The van der Waals surface area contributed by atoms with E-state index in [1.807, 2.05) is 0 Å². The maximum absolute atomic E-state index is 9.14. The Morgan fingerprint density at radius 2 is 2.17 bits per heavy atom. The number of hydroxylamine groups is 2. The molecule has 72 valence electrons. The lowest BCUT2D eigenvalue weighted by Gasteiger charge is -2.25. The van der Waals surface area contributed by atoms with Crippen molar-refractivity contribution in [2.24, 2.45) is 5.90 Å². The first-order chi connectivity index (χ1) is 5.74. The molecule has 1 rings (SSSR count). The molecular formula is C8H18N2O2. The van der Waals surface area contributed by atoms with Gasteiger partial charge in [-0.15, -0.1) is 0 Å². The molecule has 0 spiro atoms. The van der Waals surface area contributed by atoms with Crippen molar-refractivity contribution in [1.82, 2.24) is 5.06 Å². The fourth-order valence-corrected chi connectivity index (χ4v) is 1.73. The van der Waals surface area contributed by atoms with Crippen molar-refractivity contribution in [2.45, 2.75) is 44.8 Å². The van der Waals surface area contributed by atoms with Gasteiger partial charge in [-0.2, -0.15) is 11.0 Å². The van der Waals surface area contributed by atoms with Crippen LogP contribution in [0.3, 0.4) is 0 Å². The van der Waals surface area contributed by atoms with E-state index in [1.54, 1.807) is 12.0 Å². The standard InChI is InChI=1S/C8H18N2O2/c1-7(11)6-10(12-9)8-4-2-3-5-8/h7-8,11H,2-6,9H2,1H3. The van der Waals surface area contributed by atoms with E-state index in [2.05, 4.69) is 0 Å². The molecule has 1 aliphatic rings. The second-order valence-corrected chi connectivity index (χ2v) is 3.49. The second kappa shape index (κ2) is 4.77. The minimum atomic E-state index is -0.380. The number of nitrogens with zero attached hydrogens (tertiary/aromatic N) is 1. The van der Waals surface area contributed by atoms with Gasteiger partial charge in [-0.05, 0) is 19.8 Å². The monoisotopic (exact) mass is 174 g/mol. The van der Waals surface area contributed by atoms with E-state index in [1.165, 1.54) is 12.8 Å². The molecule has 0 aromatic carbocycles. The third-order valence-corrected chi connectivity index (χ3v) is 2.31. The molecule has 0 aromatic heterocycles. The Morgan fingerprint density at radius 1 is 1.58 bits per heavy atom. The minimum Gasteiger partial charge on any atom is -0.392 e. The number of rotatable bonds is 4. The molecule has 0 saturated heterocycles. The Bertz CT molecular complexity index is 124. The molecular weight excluding hydrogens is 156 g/mol. The van der Waals surface area contributed by atoms with Crippen molar-refractivity contribution in [1.29, 1.82) is 0 Å². The molecule has 4 heteroatoms. The van der Waals surface area contributed by atoms with Crippen molar-refractivity contribution >= 4 is 0 Å². The fraction of sp³-hybridized carbons (Fsp3) is 1.00. The molecule has 12 heavy (non-hydrogen) atoms. The molecule has 0 heterocycles. The minimum absolute atomic E-state index is 0.380.